The minimum atomic E-state index is -1.41. The first-order valence-corrected chi connectivity index (χ1v) is 35.9. The van der Waals surface area contributed by atoms with E-state index in [0.717, 1.165) is 62.4 Å². The largest absolute Gasteiger partial charge is 0.382 e. The van der Waals surface area contributed by atoms with Gasteiger partial charge in [-0.2, -0.15) is 0 Å². The highest BCUT2D eigenvalue weighted by atomic mass is 127. The predicted octanol–water partition coefficient (Wildman–Crippen LogP) is 4.18. The zero-order valence-corrected chi connectivity index (χ0v) is 62.8. The molecule has 1 saturated carbocycles. The van der Waals surface area contributed by atoms with Gasteiger partial charge in [-0.3, -0.25) is 57.5 Å². The summed E-state index contributed by atoms with van der Waals surface area (Å²) in [5.74, 6) is -8.79. The van der Waals surface area contributed by atoms with Gasteiger partial charge in [0.15, 0.2) is 0 Å². The molecule has 1 aliphatic carbocycles. The molecule has 25 nitrogen and oxygen atoms in total. The maximum absolute atomic E-state index is 15.3. The van der Waals surface area contributed by atoms with Gasteiger partial charge in [0.05, 0.1) is 32.7 Å². The molecule has 2 aromatic carbocycles. The predicted molar refractivity (Wildman–Crippen MR) is 381 cm³/mol. The Kier molecular flexibility index (Phi) is 32.4. The number of amides is 12. The van der Waals surface area contributed by atoms with E-state index >= 15 is 19.2 Å². The van der Waals surface area contributed by atoms with Crippen LogP contribution in [0, 0.1) is 34.2 Å². The molecule has 2 aromatic rings. The van der Waals surface area contributed by atoms with Gasteiger partial charge in [0, 0.05) is 85.9 Å². The second kappa shape index (κ2) is 38.9. The number of rotatable bonds is 15. The highest BCUT2D eigenvalue weighted by Gasteiger charge is 2.43. The molecule has 544 valence electrons. The maximum atomic E-state index is 15.3. The van der Waals surface area contributed by atoms with Gasteiger partial charge in [0.25, 0.3) is 0 Å². The first-order chi connectivity index (χ1) is 46.3. The second-order valence-corrected chi connectivity index (χ2v) is 29.5. The Hall–Kier alpha value is -7.23. The Morgan fingerprint density at radius 2 is 1.12 bits per heavy atom. The number of carbonyl (C=O) groups excluding carboxylic acids is 12. The molecule has 3 fully saturated rings. The highest BCUT2D eigenvalue weighted by molar-refractivity contribution is 14.1. The summed E-state index contributed by atoms with van der Waals surface area (Å²) in [6, 6.07) is 4.49. The van der Waals surface area contributed by atoms with E-state index in [0.29, 0.717) is 43.5 Å². The molecule has 98 heavy (non-hydrogen) atoms. The molecule has 0 bridgehead atoms. The molecule has 2 heterocycles. The van der Waals surface area contributed by atoms with Crippen molar-refractivity contribution in [3.63, 3.8) is 0 Å². The van der Waals surface area contributed by atoms with Crippen LogP contribution in [-0.4, -0.2) is 254 Å². The lowest BCUT2D eigenvalue weighted by molar-refractivity contribution is -0.151. The number of piperidine rings is 1. The van der Waals surface area contributed by atoms with Crippen molar-refractivity contribution < 1.29 is 62.3 Å². The van der Waals surface area contributed by atoms with E-state index in [2.05, 4.69) is 43.9 Å². The van der Waals surface area contributed by atoms with Crippen LogP contribution in [0.3, 0.4) is 0 Å². The lowest BCUT2D eigenvalue weighted by atomic mass is 9.84. The number of nitrogens with zero attached hydrogens (tertiary/aromatic N) is 8. The number of likely N-dealkylation sites (N-methyl/N-ethyl adjacent to an activating group) is 7. The fourth-order valence-electron chi connectivity index (χ4n) is 13.0. The summed E-state index contributed by atoms with van der Waals surface area (Å²) in [7, 11) is 11.2. The number of ether oxygens (including phenoxy) is 1. The summed E-state index contributed by atoms with van der Waals surface area (Å²) in [5.41, 5.74) is 2.32. The molecule has 0 spiro atoms. The number of aryl methyl sites for hydroxylation is 1. The van der Waals surface area contributed by atoms with Gasteiger partial charge < -0.3 is 65.2 Å². The van der Waals surface area contributed by atoms with Crippen LogP contribution in [0.2, 0.25) is 0 Å². The van der Waals surface area contributed by atoms with E-state index in [1.807, 2.05) is 84.0 Å². The number of nitrogens with one attached hydrogen (secondary N) is 4. The van der Waals surface area contributed by atoms with Crippen molar-refractivity contribution in [2.45, 2.75) is 193 Å². The van der Waals surface area contributed by atoms with Crippen LogP contribution in [-0.2, 0) is 75.1 Å². The lowest BCUT2D eigenvalue weighted by Gasteiger charge is -2.38. The third kappa shape index (κ3) is 23.7. The van der Waals surface area contributed by atoms with Crippen LogP contribution in [0.15, 0.2) is 48.5 Å². The molecule has 3 aliphatic rings. The van der Waals surface area contributed by atoms with Gasteiger partial charge >= 0.3 is 0 Å². The molecule has 2 aliphatic heterocycles. The first-order valence-electron chi connectivity index (χ1n) is 34.8. The number of hydrogen-bond donors (Lipinski definition) is 4. The molecule has 4 N–H and O–H groups in total. The van der Waals surface area contributed by atoms with Crippen molar-refractivity contribution in [1.82, 2.24) is 60.5 Å². The molecule has 5 rings (SSSR count). The smallest absolute Gasteiger partial charge is 0.245 e. The number of hydrogen-bond acceptors (Lipinski definition) is 13. The minimum Gasteiger partial charge on any atom is -0.382 e. The van der Waals surface area contributed by atoms with Crippen molar-refractivity contribution in [3.05, 3.63) is 68.8 Å². The highest BCUT2D eigenvalue weighted by Crippen LogP contribution is 2.29. The Morgan fingerprint density at radius 1 is 0.551 bits per heavy atom. The Morgan fingerprint density at radius 3 is 1.72 bits per heavy atom. The quantitative estimate of drug-likeness (QED) is 0.182. The average molecular weight is 1480 g/mol. The van der Waals surface area contributed by atoms with E-state index in [1.165, 1.54) is 76.0 Å². The van der Waals surface area contributed by atoms with Crippen LogP contribution in [0.25, 0.3) is 0 Å². The SMILES string of the molecule is CC[C@H](C)[C@@H]1NC(=O)[C@H](CC(C)C)N(C)C(=O)C[C@@H](C(=O)N2CCCCC2)N(C)C(=O)[C@@H](CC(C)C)NC(=O)[C@H](COC)N(C)C(=O)[C@H](CC2CCCCC2)NC(=O)[C@H](Cc2cccc(I)c2)NC(=O)CN(C)C(=O)[C@H](Cc2ccc(C)cc2)N(C)C(=O)CN(C)C(=O)CN(C)C1=O. The summed E-state index contributed by atoms with van der Waals surface area (Å²) >= 11 is 2.15. The van der Waals surface area contributed by atoms with Gasteiger partial charge in [0.1, 0.15) is 48.3 Å². The lowest BCUT2D eigenvalue weighted by Crippen LogP contribution is -2.61. The average Bonchev–Trinajstić information content (AvgIpc) is 0.828. The van der Waals surface area contributed by atoms with E-state index < -0.39 is 151 Å². The number of likely N-dealkylation sites (tertiary alicyclic amines) is 1. The normalized spacial score (nSPS) is 24.8. The topological polar surface area (TPSA) is 288 Å². The molecule has 26 heteroatoms. The van der Waals surface area contributed by atoms with Crippen molar-refractivity contribution in [2.75, 3.05) is 95.8 Å². The van der Waals surface area contributed by atoms with Gasteiger partial charge in [-0.05, 0) is 115 Å². The Balaban J connectivity index is 1.64. The van der Waals surface area contributed by atoms with Gasteiger partial charge in [-0.1, -0.05) is 122 Å². The van der Waals surface area contributed by atoms with Crippen molar-refractivity contribution in [2.24, 2.45) is 23.7 Å². The summed E-state index contributed by atoms with van der Waals surface area (Å²) in [4.78, 5) is 188. The number of carbonyl (C=O) groups is 12. The fourth-order valence-corrected chi connectivity index (χ4v) is 13.6. The van der Waals surface area contributed by atoms with Gasteiger partial charge in [-0.15, -0.1) is 0 Å². The summed E-state index contributed by atoms with van der Waals surface area (Å²) < 4.78 is 6.47. The molecule has 2 saturated heterocycles. The molecular weight excluding hydrogens is 1370 g/mol. The van der Waals surface area contributed by atoms with E-state index in [-0.39, 0.29) is 56.5 Å². The molecule has 9 atom stereocenters. The van der Waals surface area contributed by atoms with Crippen LogP contribution >= 0.6 is 22.6 Å². The third-order valence-corrected chi connectivity index (χ3v) is 20.1. The van der Waals surface area contributed by atoms with E-state index in [4.69, 9.17) is 4.74 Å². The van der Waals surface area contributed by atoms with E-state index in [9.17, 15) is 38.4 Å². The Labute approximate surface area is 594 Å². The van der Waals surface area contributed by atoms with Crippen LogP contribution in [0.4, 0.5) is 0 Å². The zero-order valence-electron chi connectivity index (χ0n) is 60.7. The standard InChI is InChI=1S/C72H111IN12O13/c1-16-48(7)64-72(97)80(10)42-62(88)78(8)43-63(89)82(12)57(39-50-30-28-47(6)29-31-50)70(95)79(9)41-60(86)74-53(38-51-26-23-27-52(73)36-51)65(90)75-55(37-49-24-19-17-20-25-49)69(94)84(14)59(44-98-15)67(92)76-54(34-45(2)3)68(93)83(13)58(71(96)85-32-21-18-22-33-85)40-61(87)81(11)56(35-46(4)5)66(91)77-64/h23,26-31,36,45-46,48-49,53-59,64H,16-22,24-25,32-35,37-44H2,1-15H3,(H,74,86)(H,75,90)(H,76,92)(H,77,91)/t48-,53-,54+,55-,56-,57-,58-,59-,64-/m0/s1. The minimum absolute atomic E-state index is 0.00229. The Bertz CT molecular complexity index is 3080. The van der Waals surface area contributed by atoms with Crippen LogP contribution in [0.5, 0.6) is 0 Å². The zero-order chi connectivity index (χ0) is 72.8. The first kappa shape index (κ1) is 81.4. The van der Waals surface area contributed by atoms with E-state index in [1.54, 1.807) is 17.9 Å². The van der Waals surface area contributed by atoms with Crippen molar-refractivity contribution in [1.29, 1.82) is 0 Å². The molecule has 0 aromatic heterocycles. The molecule has 12 amide bonds. The second-order valence-electron chi connectivity index (χ2n) is 28.3. The fraction of sp³-hybridized carbons (Fsp3) is 0.667. The van der Waals surface area contributed by atoms with Crippen molar-refractivity contribution >= 4 is 93.5 Å². The van der Waals surface area contributed by atoms with Gasteiger partial charge in [-0.25, -0.2) is 0 Å². The maximum Gasteiger partial charge on any atom is 0.245 e. The molecule has 0 radical (unpaired) electrons. The summed E-state index contributed by atoms with van der Waals surface area (Å²) in [5, 5.41) is 11.6. The monoisotopic (exact) mass is 1480 g/mol. The number of halogens is 1. The summed E-state index contributed by atoms with van der Waals surface area (Å²) in [6.45, 7) is 11.8. The van der Waals surface area contributed by atoms with Crippen LogP contribution in [0.1, 0.15) is 142 Å². The molecular formula is C72H111IN12O13. The molecule has 0 unspecified atom stereocenters. The van der Waals surface area contributed by atoms with Gasteiger partial charge in [0.2, 0.25) is 70.9 Å². The van der Waals surface area contributed by atoms with Crippen molar-refractivity contribution in [3.8, 4) is 0 Å². The van der Waals surface area contributed by atoms with Crippen LogP contribution < -0.4 is 21.3 Å². The number of benzene rings is 2. The number of methoxy groups -OCH3 is 1. The third-order valence-electron chi connectivity index (χ3n) is 19.4. The summed E-state index contributed by atoms with van der Waals surface area (Å²) in [6.07, 6.45) is 6.83.